The Labute approximate surface area is 245 Å². The largest absolute Gasteiger partial charge is 1.00 e. The van der Waals surface area contributed by atoms with Gasteiger partial charge in [0.2, 0.25) is 0 Å². The average molecular weight is 555 g/mol. The fourth-order valence-electron chi connectivity index (χ4n) is 2.74. The number of hydrogen-bond donors (Lipinski definition) is 1. The van der Waals surface area contributed by atoms with Crippen molar-refractivity contribution in [3.63, 3.8) is 0 Å². The zero-order valence-electron chi connectivity index (χ0n) is 17.6. The van der Waals surface area contributed by atoms with Crippen LogP contribution in [0.1, 0.15) is 45.2 Å². The summed E-state index contributed by atoms with van der Waals surface area (Å²) in [6.07, 6.45) is 0.422. The maximum Gasteiger partial charge on any atom is 1.00 e. The molecule has 6 nitrogen and oxygen atoms in total. The van der Waals surface area contributed by atoms with E-state index in [1.807, 2.05) is 24.3 Å². The molecule has 158 valence electrons. The van der Waals surface area contributed by atoms with Gasteiger partial charge in [0.1, 0.15) is 0 Å². The Hall–Kier alpha value is -1.16. The summed E-state index contributed by atoms with van der Waals surface area (Å²) in [5.41, 5.74) is 4.08. The van der Waals surface area contributed by atoms with Gasteiger partial charge >= 0.3 is 51.4 Å². The molecule has 3 aromatic rings. The molecule has 1 amide bonds. The third-order valence-corrected chi connectivity index (χ3v) is 7.12. The van der Waals surface area contributed by atoms with Crippen molar-refractivity contribution in [2.24, 2.45) is 5.10 Å². The van der Waals surface area contributed by atoms with Gasteiger partial charge < -0.3 is 9.95 Å². The number of rotatable bonds is 7. The number of thiophene rings is 2. The van der Waals surface area contributed by atoms with Crippen molar-refractivity contribution >= 4 is 56.0 Å². The number of Topliss-reactive ketones (excluding diaryl/α,β-unsaturated/α-hetero) is 1. The van der Waals surface area contributed by atoms with Crippen molar-refractivity contribution in [2.75, 3.05) is 0 Å². The van der Waals surface area contributed by atoms with Gasteiger partial charge in [-0.1, -0.05) is 40.7 Å². The first kappa shape index (κ1) is 27.1. The minimum absolute atomic E-state index is 0. The van der Waals surface area contributed by atoms with Crippen molar-refractivity contribution < 1.29 is 66.1 Å². The Balaban J connectivity index is 0.00000363. The molecule has 0 aliphatic carbocycles. The van der Waals surface area contributed by atoms with Crippen molar-refractivity contribution in [3.8, 4) is 16.2 Å². The predicted molar refractivity (Wildman–Crippen MR) is 126 cm³/mol. The summed E-state index contributed by atoms with van der Waals surface area (Å²) in [5.74, 6) is -0.900. The molecular formula is C22H17BrKN3O3S2. The van der Waals surface area contributed by atoms with Gasteiger partial charge in [-0.25, -0.2) is 12.0 Å². The fourth-order valence-corrected chi connectivity index (χ4v) is 4.89. The number of carbonyl (C=O) groups is 2. The normalized spacial score (nSPS) is 11.9. The SMILES string of the molecule is [C-]#[N+]C(CC)C(=O)c1ccc(C(=O)N/N=C(\C)c2csc(-c3ccc(Br)cc3)c2[O-])s1.[K+]. The molecule has 10 heteroatoms. The number of carbonyl (C=O) groups excluding carboxylic acids is 2. The van der Waals surface area contributed by atoms with Crippen LogP contribution in [0.3, 0.4) is 0 Å². The van der Waals surface area contributed by atoms with Crippen LogP contribution in [-0.2, 0) is 0 Å². The summed E-state index contributed by atoms with van der Waals surface area (Å²) in [6, 6.07) is 9.82. The molecule has 3 rings (SSSR count). The summed E-state index contributed by atoms with van der Waals surface area (Å²) in [7, 11) is 0. The third-order valence-electron chi connectivity index (χ3n) is 4.48. The number of benzene rings is 1. The van der Waals surface area contributed by atoms with E-state index in [4.69, 9.17) is 6.57 Å². The van der Waals surface area contributed by atoms with Crippen molar-refractivity contribution in [1.82, 2.24) is 5.43 Å². The maximum absolute atomic E-state index is 12.8. The van der Waals surface area contributed by atoms with Crippen LogP contribution < -0.4 is 61.9 Å². The first-order valence-electron chi connectivity index (χ1n) is 9.25. The van der Waals surface area contributed by atoms with Gasteiger partial charge in [-0.2, -0.15) is 5.10 Å². The molecule has 0 bridgehead atoms. The molecule has 32 heavy (non-hydrogen) atoms. The van der Waals surface area contributed by atoms with Gasteiger partial charge in [0.15, 0.2) is 0 Å². The summed E-state index contributed by atoms with van der Waals surface area (Å²) in [6.45, 7) is 10.5. The second-order valence-electron chi connectivity index (χ2n) is 6.53. The van der Waals surface area contributed by atoms with Crippen LogP contribution in [-0.4, -0.2) is 23.4 Å². The van der Waals surface area contributed by atoms with E-state index in [2.05, 4.69) is 31.3 Å². The average Bonchev–Trinajstić information content (AvgIpc) is 3.40. The van der Waals surface area contributed by atoms with Crippen molar-refractivity contribution in [2.45, 2.75) is 26.3 Å². The van der Waals surface area contributed by atoms with Crippen LogP contribution in [0, 0.1) is 6.57 Å². The molecule has 0 saturated heterocycles. The van der Waals surface area contributed by atoms with E-state index in [0.717, 1.165) is 21.4 Å². The van der Waals surface area contributed by atoms with Gasteiger partial charge in [-0.05, 0) is 42.1 Å². The van der Waals surface area contributed by atoms with Crippen LogP contribution in [0.5, 0.6) is 5.75 Å². The Morgan fingerprint density at radius 2 is 1.88 bits per heavy atom. The van der Waals surface area contributed by atoms with Gasteiger partial charge in [-0.3, -0.25) is 9.59 Å². The van der Waals surface area contributed by atoms with E-state index in [9.17, 15) is 14.7 Å². The topological polar surface area (TPSA) is 86.0 Å². The zero-order chi connectivity index (χ0) is 22.5. The molecule has 2 aromatic heterocycles. The monoisotopic (exact) mass is 553 g/mol. The van der Waals surface area contributed by atoms with E-state index in [1.165, 1.54) is 17.4 Å². The molecule has 1 aromatic carbocycles. The van der Waals surface area contributed by atoms with Gasteiger partial charge in [-0.15, -0.1) is 22.7 Å². The van der Waals surface area contributed by atoms with E-state index < -0.39 is 11.9 Å². The predicted octanol–water partition coefficient (Wildman–Crippen LogP) is 2.35. The molecule has 2 heterocycles. The number of amides is 1. The van der Waals surface area contributed by atoms with E-state index in [0.29, 0.717) is 32.3 Å². The molecule has 1 N–H and O–H groups in total. The number of hydrazone groups is 1. The zero-order valence-corrected chi connectivity index (χ0v) is 24.0. The molecule has 0 aliphatic rings. The van der Waals surface area contributed by atoms with E-state index >= 15 is 0 Å². The van der Waals surface area contributed by atoms with Gasteiger partial charge in [0, 0.05) is 21.3 Å². The Bertz CT molecular complexity index is 1200. The summed E-state index contributed by atoms with van der Waals surface area (Å²) in [4.78, 5) is 29.3. The Kier molecular flexibility index (Phi) is 10.4. The number of halogens is 1. The van der Waals surface area contributed by atoms with Crippen LogP contribution in [0.25, 0.3) is 15.3 Å². The summed E-state index contributed by atoms with van der Waals surface area (Å²) in [5, 5.41) is 18.5. The number of nitrogens with zero attached hydrogens (tertiary/aromatic N) is 2. The molecule has 1 atom stereocenters. The number of ketones is 1. The molecule has 0 saturated carbocycles. The van der Waals surface area contributed by atoms with Crippen LogP contribution >= 0.6 is 38.6 Å². The first-order valence-corrected chi connectivity index (χ1v) is 11.7. The molecule has 0 spiro atoms. The minimum Gasteiger partial charge on any atom is -0.871 e. The van der Waals surface area contributed by atoms with E-state index in [1.54, 1.807) is 25.3 Å². The fraction of sp³-hybridized carbons (Fsp3) is 0.182. The van der Waals surface area contributed by atoms with Gasteiger partial charge in [0.05, 0.1) is 15.5 Å². The first-order chi connectivity index (χ1) is 14.8. The van der Waals surface area contributed by atoms with Crippen molar-refractivity contribution in [1.29, 1.82) is 0 Å². The molecule has 0 aliphatic heterocycles. The second-order valence-corrected chi connectivity index (χ2v) is 9.41. The summed E-state index contributed by atoms with van der Waals surface area (Å²) >= 11 is 5.73. The van der Waals surface area contributed by atoms with Crippen molar-refractivity contribution in [3.05, 3.63) is 73.0 Å². The Morgan fingerprint density at radius 3 is 2.50 bits per heavy atom. The molecule has 1 unspecified atom stereocenters. The Morgan fingerprint density at radius 1 is 1.22 bits per heavy atom. The van der Waals surface area contributed by atoms with Crippen LogP contribution in [0.15, 0.2) is 51.4 Å². The smallest absolute Gasteiger partial charge is 0.871 e. The van der Waals surface area contributed by atoms with Crippen LogP contribution in [0.2, 0.25) is 0 Å². The summed E-state index contributed by atoms with van der Waals surface area (Å²) < 4.78 is 0.929. The van der Waals surface area contributed by atoms with E-state index in [-0.39, 0.29) is 62.9 Å². The third kappa shape index (κ3) is 6.24. The van der Waals surface area contributed by atoms with Crippen LogP contribution in [0.4, 0.5) is 0 Å². The molecule has 0 fully saturated rings. The standard InChI is InChI=1S/C22H18BrN3O3S2.K/c1-4-16(24-3)20(28)17-9-10-18(31-17)22(29)26-25-12(2)15-11-30-21(19(15)27)13-5-7-14(23)8-6-13;/h5-11,16,27H,4H2,1-2H3,(H,26,29);/q;+1/p-1/b25-12+;. The number of hydrogen-bond acceptors (Lipinski definition) is 6. The van der Waals surface area contributed by atoms with Gasteiger partial charge in [0.25, 0.3) is 17.7 Å². The number of nitrogens with one attached hydrogen (secondary N) is 1. The molecule has 0 radical (unpaired) electrons. The minimum atomic E-state index is -0.733. The molecular weight excluding hydrogens is 537 g/mol. The maximum atomic E-state index is 12.8. The quantitative estimate of drug-likeness (QED) is 0.160. The second kappa shape index (κ2) is 12.3.